The van der Waals surface area contributed by atoms with Crippen LogP contribution < -0.4 is 5.73 Å². The van der Waals surface area contributed by atoms with Crippen LogP contribution >= 0.6 is 0 Å². The molecular formula is C11H21F3N2O2. The molecular weight excluding hydrogens is 249 g/mol. The van der Waals surface area contributed by atoms with Crippen molar-refractivity contribution in [3.63, 3.8) is 0 Å². The van der Waals surface area contributed by atoms with Crippen molar-refractivity contribution in [1.82, 2.24) is 4.90 Å². The summed E-state index contributed by atoms with van der Waals surface area (Å²) in [5.74, 6) is -0.661. The predicted molar refractivity (Wildman–Crippen MR) is 62.0 cm³/mol. The zero-order valence-electron chi connectivity index (χ0n) is 10.8. The molecule has 0 fully saturated rings. The van der Waals surface area contributed by atoms with Gasteiger partial charge in [0.05, 0.1) is 6.04 Å². The largest absolute Gasteiger partial charge is 0.406 e. The third-order valence-corrected chi connectivity index (χ3v) is 2.36. The van der Waals surface area contributed by atoms with Gasteiger partial charge in [-0.15, -0.1) is 0 Å². The minimum atomic E-state index is -4.41. The van der Waals surface area contributed by atoms with Gasteiger partial charge in [0.25, 0.3) is 0 Å². The Morgan fingerprint density at radius 3 is 2.44 bits per heavy atom. The van der Waals surface area contributed by atoms with Gasteiger partial charge in [0.1, 0.15) is 6.54 Å². The lowest BCUT2D eigenvalue weighted by atomic mass is 10.2. The van der Waals surface area contributed by atoms with E-state index in [4.69, 9.17) is 10.5 Å². The van der Waals surface area contributed by atoms with Crippen LogP contribution in [0.2, 0.25) is 0 Å². The molecule has 0 saturated heterocycles. The van der Waals surface area contributed by atoms with E-state index in [1.807, 2.05) is 0 Å². The average molecular weight is 270 g/mol. The smallest absolute Gasteiger partial charge is 0.382 e. The summed E-state index contributed by atoms with van der Waals surface area (Å²) < 4.78 is 42.1. The van der Waals surface area contributed by atoms with E-state index in [2.05, 4.69) is 0 Å². The summed E-state index contributed by atoms with van der Waals surface area (Å²) >= 11 is 0. The Hall–Kier alpha value is -0.820. The Bertz CT molecular complexity index is 247. The van der Waals surface area contributed by atoms with Gasteiger partial charge in [-0.25, -0.2) is 0 Å². The van der Waals surface area contributed by atoms with Crippen molar-refractivity contribution in [1.29, 1.82) is 0 Å². The Labute approximate surface area is 105 Å². The van der Waals surface area contributed by atoms with Crippen molar-refractivity contribution in [2.75, 3.05) is 26.3 Å². The van der Waals surface area contributed by atoms with Crippen LogP contribution in [0.15, 0.2) is 0 Å². The van der Waals surface area contributed by atoms with Gasteiger partial charge in [0.2, 0.25) is 5.91 Å². The molecule has 18 heavy (non-hydrogen) atoms. The van der Waals surface area contributed by atoms with Crippen molar-refractivity contribution >= 4 is 5.91 Å². The summed E-state index contributed by atoms with van der Waals surface area (Å²) in [5.41, 5.74) is 5.48. The number of nitrogens with two attached hydrogens (primary N) is 1. The molecule has 4 nitrogen and oxygen atoms in total. The first-order valence-corrected chi connectivity index (χ1v) is 6.00. The second-order valence-corrected chi connectivity index (χ2v) is 3.94. The Morgan fingerprint density at radius 1 is 1.39 bits per heavy atom. The SMILES string of the molecule is CCOCCCN(CC(F)(F)F)C(=O)[C@H](N)CC. The lowest BCUT2D eigenvalue weighted by Gasteiger charge is -2.26. The quantitative estimate of drug-likeness (QED) is 0.681. The maximum atomic E-state index is 12.3. The number of rotatable bonds is 8. The van der Waals surface area contributed by atoms with E-state index in [1.165, 1.54) is 0 Å². The molecule has 0 aromatic carbocycles. The molecule has 0 unspecified atom stereocenters. The number of alkyl halides is 3. The first-order valence-electron chi connectivity index (χ1n) is 6.00. The van der Waals surface area contributed by atoms with Crippen molar-refractivity contribution in [2.45, 2.75) is 38.9 Å². The Balaban J connectivity index is 4.38. The van der Waals surface area contributed by atoms with Crippen LogP contribution in [-0.4, -0.2) is 49.3 Å². The number of halogens is 3. The molecule has 0 radical (unpaired) electrons. The fourth-order valence-electron chi connectivity index (χ4n) is 1.39. The average Bonchev–Trinajstić information content (AvgIpc) is 2.29. The van der Waals surface area contributed by atoms with E-state index in [0.717, 1.165) is 4.90 Å². The summed E-state index contributed by atoms with van der Waals surface area (Å²) in [4.78, 5) is 12.4. The van der Waals surface area contributed by atoms with Crippen LogP contribution in [0, 0.1) is 0 Å². The topological polar surface area (TPSA) is 55.6 Å². The Kier molecular flexibility index (Phi) is 7.93. The van der Waals surface area contributed by atoms with Gasteiger partial charge in [-0.3, -0.25) is 4.79 Å². The summed E-state index contributed by atoms with van der Waals surface area (Å²) in [6.45, 7) is 3.04. The van der Waals surface area contributed by atoms with E-state index in [-0.39, 0.29) is 6.54 Å². The number of nitrogens with zero attached hydrogens (tertiary/aromatic N) is 1. The van der Waals surface area contributed by atoms with Crippen LogP contribution in [0.1, 0.15) is 26.7 Å². The maximum Gasteiger partial charge on any atom is 0.406 e. The van der Waals surface area contributed by atoms with E-state index < -0.39 is 24.7 Å². The molecule has 0 aliphatic rings. The summed E-state index contributed by atoms with van der Waals surface area (Å²) in [7, 11) is 0. The zero-order valence-corrected chi connectivity index (χ0v) is 10.8. The first kappa shape index (κ1) is 17.2. The number of amides is 1. The molecule has 7 heteroatoms. The number of ether oxygens (including phenoxy) is 1. The summed E-state index contributed by atoms with van der Waals surface area (Å²) in [5, 5.41) is 0. The van der Waals surface area contributed by atoms with Gasteiger partial charge in [-0.05, 0) is 19.8 Å². The molecule has 2 N–H and O–H groups in total. The van der Waals surface area contributed by atoms with Crippen molar-refractivity contribution in [3.05, 3.63) is 0 Å². The van der Waals surface area contributed by atoms with Gasteiger partial charge in [0, 0.05) is 19.8 Å². The number of carbonyl (C=O) groups is 1. The fourth-order valence-corrected chi connectivity index (χ4v) is 1.39. The molecule has 0 aliphatic heterocycles. The third-order valence-electron chi connectivity index (χ3n) is 2.36. The highest BCUT2D eigenvalue weighted by molar-refractivity contribution is 5.81. The molecule has 1 atom stereocenters. The number of carbonyl (C=O) groups excluding carboxylic acids is 1. The Morgan fingerprint density at radius 2 is 2.00 bits per heavy atom. The summed E-state index contributed by atoms with van der Waals surface area (Å²) in [6.07, 6.45) is -3.72. The molecule has 108 valence electrons. The second kappa shape index (κ2) is 8.31. The predicted octanol–water partition coefficient (Wildman–Crippen LogP) is 1.54. The van der Waals surface area contributed by atoms with Crippen LogP contribution in [0.4, 0.5) is 13.2 Å². The van der Waals surface area contributed by atoms with Crippen molar-refractivity contribution in [2.24, 2.45) is 5.73 Å². The van der Waals surface area contributed by atoms with Crippen LogP contribution in [0.25, 0.3) is 0 Å². The fraction of sp³-hybridized carbons (Fsp3) is 0.909. The zero-order chi connectivity index (χ0) is 14.2. The van der Waals surface area contributed by atoms with Gasteiger partial charge in [-0.2, -0.15) is 13.2 Å². The van der Waals surface area contributed by atoms with E-state index in [0.29, 0.717) is 26.1 Å². The minimum Gasteiger partial charge on any atom is -0.382 e. The van der Waals surface area contributed by atoms with E-state index in [1.54, 1.807) is 13.8 Å². The number of hydrogen-bond acceptors (Lipinski definition) is 3. The standard InChI is InChI=1S/C11H21F3N2O2/c1-3-9(15)10(17)16(8-11(12,13)14)6-5-7-18-4-2/h9H,3-8,15H2,1-2H3/t9-/m1/s1. The van der Waals surface area contributed by atoms with Gasteiger partial charge >= 0.3 is 6.18 Å². The minimum absolute atomic E-state index is 0.00600. The maximum absolute atomic E-state index is 12.3. The van der Waals surface area contributed by atoms with E-state index in [9.17, 15) is 18.0 Å². The third kappa shape index (κ3) is 7.50. The highest BCUT2D eigenvalue weighted by Gasteiger charge is 2.33. The van der Waals surface area contributed by atoms with Crippen LogP contribution in [0.5, 0.6) is 0 Å². The lowest BCUT2D eigenvalue weighted by Crippen LogP contribution is -2.47. The molecule has 0 aromatic heterocycles. The molecule has 0 saturated carbocycles. The van der Waals surface area contributed by atoms with Crippen molar-refractivity contribution in [3.8, 4) is 0 Å². The lowest BCUT2D eigenvalue weighted by molar-refractivity contribution is -0.162. The summed E-state index contributed by atoms with van der Waals surface area (Å²) in [6, 6.07) is -0.876. The molecule has 0 aromatic rings. The number of hydrogen-bond donors (Lipinski definition) is 1. The highest BCUT2D eigenvalue weighted by Crippen LogP contribution is 2.17. The van der Waals surface area contributed by atoms with Gasteiger partial charge < -0.3 is 15.4 Å². The highest BCUT2D eigenvalue weighted by atomic mass is 19.4. The van der Waals surface area contributed by atoms with Gasteiger partial charge in [0.15, 0.2) is 0 Å². The van der Waals surface area contributed by atoms with Gasteiger partial charge in [-0.1, -0.05) is 6.92 Å². The van der Waals surface area contributed by atoms with E-state index >= 15 is 0 Å². The molecule has 0 bridgehead atoms. The molecule has 1 amide bonds. The second-order valence-electron chi connectivity index (χ2n) is 3.94. The first-order chi connectivity index (χ1) is 8.31. The normalized spacial score (nSPS) is 13.4. The van der Waals surface area contributed by atoms with Crippen LogP contribution in [0.3, 0.4) is 0 Å². The monoisotopic (exact) mass is 270 g/mol. The molecule has 0 aliphatic carbocycles. The molecule has 0 heterocycles. The van der Waals surface area contributed by atoms with Crippen LogP contribution in [-0.2, 0) is 9.53 Å². The molecule has 0 rings (SSSR count). The molecule has 0 spiro atoms. The van der Waals surface area contributed by atoms with Crippen molar-refractivity contribution < 1.29 is 22.7 Å².